The van der Waals surface area contributed by atoms with Crippen LogP contribution in [-0.4, -0.2) is 36.2 Å². The van der Waals surface area contributed by atoms with Crippen molar-refractivity contribution < 1.29 is 14.6 Å². The molecule has 2 atom stereocenters. The highest BCUT2D eigenvalue weighted by Gasteiger charge is 2.29. The van der Waals surface area contributed by atoms with Gasteiger partial charge in [0.05, 0.1) is 13.0 Å². The molecule has 0 bridgehead atoms. The molecule has 1 fully saturated rings. The third kappa shape index (κ3) is 3.51. The molecular formula is C16H23NO3. The number of hydrogen-bond acceptors (Lipinski definition) is 3. The number of aryl methyl sites for hydroxylation is 1. The van der Waals surface area contributed by atoms with Crippen LogP contribution in [0.3, 0.4) is 0 Å². The van der Waals surface area contributed by atoms with Gasteiger partial charge in [-0.1, -0.05) is 24.6 Å². The van der Waals surface area contributed by atoms with Gasteiger partial charge in [-0.25, -0.2) is 0 Å². The number of likely N-dealkylation sites (tertiary alicyclic amines) is 1. The lowest BCUT2D eigenvalue weighted by Gasteiger charge is -2.34. The van der Waals surface area contributed by atoms with E-state index < -0.39 is 5.97 Å². The fraction of sp³-hybridized carbons (Fsp3) is 0.562. The number of carbonyl (C=O) groups is 1. The average Bonchev–Trinajstić information content (AvgIpc) is 2.38. The fourth-order valence-corrected chi connectivity index (χ4v) is 3.04. The van der Waals surface area contributed by atoms with E-state index in [0.29, 0.717) is 12.5 Å². The van der Waals surface area contributed by atoms with E-state index in [0.717, 1.165) is 30.8 Å². The molecule has 20 heavy (non-hydrogen) atoms. The van der Waals surface area contributed by atoms with Gasteiger partial charge in [-0.05, 0) is 25.3 Å². The minimum Gasteiger partial charge on any atom is -0.496 e. The lowest BCUT2D eigenvalue weighted by molar-refractivity contribution is -0.144. The maximum atomic E-state index is 11.2. The van der Waals surface area contributed by atoms with E-state index in [1.165, 1.54) is 5.56 Å². The Balaban J connectivity index is 2.12. The summed E-state index contributed by atoms with van der Waals surface area (Å²) in [5.74, 6) is 0.355. The van der Waals surface area contributed by atoms with Gasteiger partial charge < -0.3 is 9.84 Å². The van der Waals surface area contributed by atoms with Gasteiger partial charge in [0.1, 0.15) is 5.75 Å². The third-order valence-corrected chi connectivity index (χ3v) is 3.91. The number of hydrogen-bond donors (Lipinski definition) is 1. The highest BCUT2D eigenvalue weighted by atomic mass is 16.5. The highest BCUT2D eigenvalue weighted by Crippen LogP contribution is 2.26. The molecule has 2 rings (SSSR count). The summed E-state index contributed by atoms with van der Waals surface area (Å²) in [6, 6.07) is 6.13. The van der Waals surface area contributed by atoms with Gasteiger partial charge in [-0.2, -0.15) is 0 Å². The number of rotatable bonds is 4. The normalized spacial score (nSPS) is 23.6. The molecule has 1 heterocycles. The Kier molecular flexibility index (Phi) is 4.65. The van der Waals surface area contributed by atoms with Crippen molar-refractivity contribution in [2.45, 2.75) is 26.8 Å². The summed E-state index contributed by atoms with van der Waals surface area (Å²) in [4.78, 5) is 13.5. The molecular weight excluding hydrogens is 254 g/mol. The lowest BCUT2D eigenvalue weighted by atomic mass is 9.90. The first-order valence-corrected chi connectivity index (χ1v) is 7.08. The van der Waals surface area contributed by atoms with Crippen molar-refractivity contribution in [3.8, 4) is 5.75 Å². The van der Waals surface area contributed by atoms with E-state index in [1.54, 1.807) is 7.11 Å². The zero-order valence-electron chi connectivity index (χ0n) is 12.4. The molecule has 0 aliphatic carbocycles. The molecule has 0 amide bonds. The molecule has 0 spiro atoms. The molecule has 4 nitrogen and oxygen atoms in total. The van der Waals surface area contributed by atoms with Crippen molar-refractivity contribution in [1.82, 2.24) is 4.90 Å². The highest BCUT2D eigenvalue weighted by molar-refractivity contribution is 5.70. The van der Waals surface area contributed by atoms with Crippen LogP contribution in [0.25, 0.3) is 0 Å². The van der Waals surface area contributed by atoms with Crippen LogP contribution in [-0.2, 0) is 11.3 Å². The van der Waals surface area contributed by atoms with Gasteiger partial charge in [0.25, 0.3) is 0 Å². The van der Waals surface area contributed by atoms with E-state index in [4.69, 9.17) is 4.74 Å². The van der Waals surface area contributed by atoms with Crippen molar-refractivity contribution in [2.24, 2.45) is 11.8 Å². The Morgan fingerprint density at radius 3 is 2.85 bits per heavy atom. The van der Waals surface area contributed by atoms with Gasteiger partial charge in [0.15, 0.2) is 0 Å². The van der Waals surface area contributed by atoms with Crippen LogP contribution in [0.2, 0.25) is 0 Å². The van der Waals surface area contributed by atoms with E-state index >= 15 is 0 Å². The summed E-state index contributed by atoms with van der Waals surface area (Å²) in [5, 5.41) is 9.23. The predicted molar refractivity (Wildman–Crippen MR) is 77.9 cm³/mol. The van der Waals surface area contributed by atoms with Crippen LogP contribution in [0, 0.1) is 18.8 Å². The molecule has 0 saturated carbocycles. The maximum absolute atomic E-state index is 11.2. The Bertz CT molecular complexity index is 487. The minimum atomic E-state index is -0.683. The van der Waals surface area contributed by atoms with Gasteiger partial charge in [-0.3, -0.25) is 9.69 Å². The summed E-state index contributed by atoms with van der Waals surface area (Å²) in [7, 11) is 1.67. The van der Waals surface area contributed by atoms with Crippen LogP contribution < -0.4 is 4.74 Å². The molecule has 1 aromatic carbocycles. The van der Waals surface area contributed by atoms with Crippen molar-refractivity contribution in [2.75, 3.05) is 20.2 Å². The molecule has 1 aromatic rings. The standard InChI is InChI=1S/C16H23NO3/c1-11-4-5-15(20-3)13(6-11)9-17-8-12(2)7-14(10-17)16(18)19/h4-6,12,14H,7-10H2,1-3H3,(H,18,19). The van der Waals surface area contributed by atoms with Gasteiger partial charge in [-0.15, -0.1) is 0 Å². The number of carboxylic acid groups (broad SMARTS) is 1. The van der Waals surface area contributed by atoms with Crippen LogP contribution in [0.15, 0.2) is 18.2 Å². The van der Waals surface area contributed by atoms with Crippen molar-refractivity contribution in [3.05, 3.63) is 29.3 Å². The van der Waals surface area contributed by atoms with Crippen molar-refractivity contribution in [3.63, 3.8) is 0 Å². The summed E-state index contributed by atoms with van der Waals surface area (Å²) in [5.41, 5.74) is 2.33. The molecule has 4 heteroatoms. The first-order chi connectivity index (χ1) is 9.49. The van der Waals surface area contributed by atoms with E-state index in [9.17, 15) is 9.90 Å². The SMILES string of the molecule is COc1ccc(C)cc1CN1CC(C)CC(C(=O)O)C1. The fourth-order valence-electron chi connectivity index (χ4n) is 3.04. The molecule has 110 valence electrons. The van der Waals surface area contributed by atoms with Gasteiger partial charge in [0, 0.05) is 25.2 Å². The minimum absolute atomic E-state index is 0.255. The Labute approximate surface area is 120 Å². The molecule has 1 aliphatic rings. The summed E-state index contributed by atoms with van der Waals surface area (Å²) in [6.45, 7) is 6.49. The van der Waals surface area contributed by atoms with Crippen LogP contribution in [0.5, 0.6) is 5.75 Å². The number of methoxy groups -OCH3 is 1. The Hall–Kier alpha value is -1.55. The molecule has 1 N–H and O–H groups in total. The largest absolute Gasteiger partial charge is 0.496 e. The molecule has 0 aromatic heterocycles. The number of benzene rings is 1. The topological polar surface area (TPSA) is 49.8 Å². The first-order valence-electron chi connectivity index (χ1n) is 7.08. The Morgan fingerprint density at radius 2 is 2.20 bits per heavy atom. The van der Waals surface area contributed by atoms with E-state index in [2.05, 4.69) is 24.8 Å². The molecule has 0 radical (unpaired) electrons. The Morgan fingerprint density at radius 1 is 1.45 bits per heavy atom. The molecule has 1 saturated heterocycles. The third-order valence-electron chi connectivity index (χ3n) is 3.91. The quantitative estimate of drug-likeness (QED) is 0.919. The number of piperidine rings is 1. The van der Waals surface area contributed by atoms with Crippen LogP contribution in [0.4, 0.5) is 0 Å². The molecule has 1 aliphatic heterocycles. The zero-order valence-corrected chi connectivity index (χ0v) is 12.4. The number of nitrogens with zero attached hydrogens (tertiary/aromatic N) is 1. The van der Waals surface area contributed by atoms with Gasteiger partial charge >= 0.3 is 5.97 Å². The van der Waals surface area contributed by atoms with E-state index in [-0.39, 0.29) is 5.92 Å². The second kappa shape index (κ2) is 6.27. The molecule has 2 unspecified atom stereocenters. The second-order valence-electron chi connectivity index (χ2n) is 5.89. The monoisotopic (exact) mass is 277 g/mol. The zero-order chi connectivity index (χ0) is 14.7. The predicted octanol–water partition coefficient (Wildman–Crippen LogP) is 2.55. The lowest BCUT2D eigenvalue weighted by Crippen LogP contribution is -2.42. The number of ether oxygens (including phenoxy) is 1. The first kappa shape index (κ1) is 14.9. The number of aliphatic carboxylic acids is 1. The van der Waals surface area contributed by atoms with Crippen LogP contribution >= 0.6 is 0 Å². The van der Waals surface area contributed by atoms with Crippen molar-refractivity contribution in [1.29, 1.82) is 0 Å². The second-order valence-corrected chi connectivity index (χ2v) is 5.89. The van der Waals surface area contributed by atoms with E-state index in [1.807, 2.05) is 12.1 Å². The van der Waals surface area contributed by atoms with Gasteiger partial charge in [0.2, 0.25) is 0 Å². The maximum Gasteiger partial charge on any atom is 0.307 e. The number of carboxylic acids is 1. The summed E-state index contributed by atoms with van der Waals surface area (Å²) in [6.07, 6.45) is 0.775. The van der Waals surface area contributed by atoms with Crippen molar-refractivity contribution >= 4 is 5.97 Å². The summed E-state index contributed by atoms with van der Waals surface area (Å²) < 4.78 is 5.40. The van der Waals surface area contributed by atoms with Crippen LogP contribution in [0.1, 0.15) is 24.5 Å². The smallest absolute Gasteiger partial charge is 0.307 e. The summed E-state index contributed by atoms with van der Waals surface area (Å²) >= 11 is 0. The average molecular weight is 277 g/mol.